The Kier molecular flexibility index (Phi) is 4.86. The predicted octanol–water partition coefficient (Wildman–Crippen LogP) is 3.64. The SMILES string of the molecule is CCN(CC(C)O)C(=O)OCC1c2ccccc2-c2ccccc21. The molecular formula is C20H23NO3. The number of aliphatic hydroxyl groups excluding tert-OH is 1. The number of hydrogen-bond donors (Lipinski definition) is 1. The first-order valence-electron chi connectivity index (χ1n) is 8.39. The quantitative estimate of drug-likeness (QED) is 0.913. The number of likely N-dealkylation sites (N-methyl/N-ethyl adjacent to an activating group) is 1. The van der Waals surface area contributed by atoms with Crippen LogP contribution in [0.1, 0.15) is 30.9 Å². The van der Waals surface area contributed by atoms with Gasteiger partial charge >= 0.3 is 6.09 Å². The van der Waals surface area contributed by atoms with Gasteiger partial charge in [0.2, 0.25) is 0 Å². The zero-order chi connectivity index (χ0) is 17.1. The van der Waals surface area contributed by atoms with Crippen LogP contribution in [-0.4, -0.2) is 41.9 Å². The van der Waals surface area contributed by atoms with E-state index in [0.29, 0.717) is 13.2 Å². The van der Waals surface area contributed by atoms with Crippen molar-refractivity contribution < 1.29 is 14.6 Å². The second-order valence-electron chi connectivity index (χ2n) is 6.19. The van der Waals surface area contributed by atoms with Gasteiger partial charge in [0.1, 0.15) is 6.61 Å². The summed E-state index contributed by atoms with van der Waals surface area (Å²) in [5.41, 5.74) is 4.83. The lowest BCUT2D eigenvalue weighted by Crippen LogP contribution is -2.37. The van der Waals surface area contributed by atoms with Crippen LogP contribution in [0, 0.1) is 0 Å². The highest BCUT2D eigenvalue weighted by molar-refractivity contribution is 5.79. The van der Waals surface area contributed by atoms with Gasteiger partial charge in [0.05, 0.1) is 6.10 Å². The Labute approximate surface area is 142 Å². The van der Waals surface area contributed by atoms with E-state index in [1.165, 1.54) is 27.2 Å². The molecule has 0 saturated carbocycles. The fraction of sp³-hybridized carbons (Fsp3) is 0.350. The summed E-state index contributed by atoms with van der Waals surface area (Å²) in [6.45, 7) is 4.65. The maximum atomic E-state index is 12.3. The first-order chi connectivity index (χ1) is 11.6. The van der Waals surface area contributed by atoms with Gasteiger partial charge in [0, 0.05) is 19.0 Å². The first-order valence-corrected chi connectivity index (χ1v) is 8.39. The largest absolute Gasteiger partial charge is 0.448 e. The Morgan fingerprint density at radius 2 is 1.67 bits per heavy atom. The van der Waals surface area contributed by atoms with Crippen molar-refractivity contribution in [3.8, 4) is 11.1 Å². The third-order valence-electron chi connectivity index (χ3n) is 4.46. The first kappa shape index (κ1) is 16.5. The molecule has 1 aliphatic carbocycles. The summed E-state index contributed by atoms with van der Waals surface area (Å²) in [6.07, 6.45) is -0.939. The number of amides is 1. The van der Waals surface area contributed by atoms with Gasteiger partial charge in [0.25, 0.3) is 0 Å². The highest BCUT2D eigenvalue weighted by atomic mass is 16.6. The monoisotopic (exact) mass is 325 g/mol. The molecule has 1 N–H and O–H groups in total. The number of fused-ring (bicyclic) bond motifs is 3. The predicted molar refractivity (Wildman–Crippen MR) is 94.0 cm³/mol. The lowest BCUT2D eigenvalue weighted by molar-refractivity contribution is 0.0783. The van der Waals surface area contributed by atoms with Gasteiger partial charge in [-0.3, -0.25) is 0 Å². The topological polar surface area (TPSA) is 49.8 Å². The fourth-order valence-corrected chi connectivity index (χ4v) is 3.34. The van der Waals surface area contributed by atoms with Crippen molar-refractivity contribution in [1.29, 1.82) is 0 Å². The van der Waals surface area contributed by atoms with E-state index >= 15 is 0 Å². The number of ether oxygens (including phenoxy) is 1. The van der Waals surface area contributed by atoms with E-state index in [1.807, 2.05) is 31.2 Å². The number of rotatable bonds is 5. The van der Waals surface area contributed by atoms with Crippen LogP contribution in [0.2, 0.25) is 0 Å². The Bertz CT molecular complexity index is 681. The van der Waals surface area contributed by atoms with Gasteiger partial charge in [-0.2, -0.15) is 0 Å². The third kappa shape index (κ3) is 3.15. The molecule has 4 heteroatoms. The summed E-state index contributed by atoms with van der Waals surface area (Å²) < 4.78 is 5.57. The molecule has 2 aromatic rings. The average molecular weight is 325 g/mol. The number of carbonyl (C=O) groups excluding carboxylic acids is 1. The van der Waals surface area contributed by atoms with E-state index in [2.05, 4.69) is 24.3 Å². The summed E-state index contributed by atoms with van der Waals surface area (Å²) in [5, 5.41) is 9.49. The fourth-order valence-electron chi connectivity index (χ4n) is 3.34. The lowest BCUT2D eigenvalue weighted by atomic mass is 9.98. The van der Waals surface area contributed by atoms with E-state index in [0.717, 1.165) is 0 Å². The van der Waals surface area contributed by atoms with E-state index in [1.54, 1.807) is 6.92 Å². The van der Waals surface area contributed by atoms with Gasteiger partial charge in [-0.15, -0.1) is 0 Å². The van der Waals surface area contributed by atoms with E-state index in [-0.39, 0.29) is 18.6 Å². The van der Waals surface area contributed by atoms with Gasteiger partial charge < -0.3 is 14.7 Å². The Balaban J connectivity index is 1.77. The van der Waals surface area contributed by atoms with Crippen LogP contribution < -0.4 is 0 Å². The number of nitrogens with zero attached hydrogens (tertiary/aromatic N) is 1. The van der Waals surface area contributed by atoms with Crippen LogP contribution in [0.4, 0.5) is 4.79 Å². The van der Waals surface area contributed by atoms with Crippen molar-refractivity contribution in [2.75, 3.05) is 19.7 Å². The zero-order valence-corrected chi connectivity index (χ0v) is 14.1. The maximum absolute atomic E-state index is 12.3. The second kappa shape index (κ2) is 7.05. The van der Waals surface area contributed by atoms with Gasteiger partial charge in [-0.25, -0.2) is 4.79 Å². The highest BCUT2D eigenvalue weighted by Gasteiger charge is 2.29. The minimum absolute atomic E-state index is 0.0617. The van der Waals surface area contributed by atoms with Gasteiger partial charge in [-0.05, 0) is 36.1 Å². The van der Waals surface area contributed by atoms with Crippen LogP contribution in [0.5, 0.6) is 0 Å². The Morgan fingerprint density at radius 1 is 1.12 bits per heavy atom. The molecule has 1 unspecified atom stereocenters. The summed E-state index contributed by atoms with van der Waals surface area (Å²) in [6, 6.07) is 16.5. The molecule has 0 fully saturated rings. The zero-order valence-electron chi connectivity index (χ0n) is 14.1. The van der Waals surface area contributed by atoms with Crippen LogP contribution in [0.25, 0.3) is 11.1 Å². The molecule has 0 heterocycles. The summed E-state index contributed by atoms with van der Waals surface area (Å²) in [4.78, 5) is 13.8. The smallest absolute Gasteiger partial charge is 0.409 e. The minimum atomic E-state index is -0.564. The molecule has 0 spiro atoms. The minimum Gasteiger partial charge on any atom is -0.448 e. The molecular weight excluding hydrogens is 302 g/mol. The molecule has 1 atom stereocenters. The molecule has 0 aliphatic heterocycles. The average Bonchev–Trinajstić information content (AvgIpc) is 2.91. The van der Waals surface area contributed by atoms with Crippen molar-refractivity contribution in [1.82, 2.24) is 4.90 Å². The van der Waals surface area contributed by atoms with Crippen molar-refractivity contribution >= 4 is 6.09 Å². The summed E-state index contributed by atoms with van der Waals surface area (Å²) >= 11 is 0. The Morgan fingerprint density at radius 3 is 2.17 bits per heavy atom. The van der Waals surface area contributed by atoms with E-state index in [4.69, 9.17) is 4.74 Å². The molecule has 0 bridgehead atoms. The number of hydrogen-bond acceptors (Lipinski definition) is 3. The number of benzene rings is 2. The molecule has 0 radical (unpaired) electrons. The maximum Gasteiger partial charge on any atom is 0.409 e. The summed E-state index contributed by atoms with van der Waals surface area (Å²) in [7, 11) is 0. The molecule has 4 nitrogen and oxygen atoms in total. The molecule has 0 aromatic heterocycles. The lowest BCUT2D eigenvalue weighted by Gasteiger charge is -2.23. The normalized spacial score (nSPS) is 14.0. The van der Waals surface area contributed by atoms with Crippen LogP contribution in [0.15, 0.2) is 48.5 Å². The van der Waals surface area contributed by atoms with Crippen molar-refractivity contribution in [3.05, 3.63) is 59.7 Å². The van der Waals surface area contributed by atoms with Crippen LogP contribution >= 0.6 is 0 Å². The van der Waals surface area contributed by atoms with E-state index < -0.39 is 6.10 Å². The molecule has 3 rings (SSSR count). The van der Waals surface area contributed by atoms with Crippen molar-refractivity contribution in [3.63, 3.8) is 0 Å². The van der Waals surface area contributed by atoms with Crippen molar-refractivity contribution in [2.45, 2.75) is 25.9 Å². The number of aliphatic hydroxyl groups is 1. The summed E-state index contributed by atoms with van der Waals surface area (Å²) in [5.74, 6) is 0.0617. The van der Waals surface area contributed by atoms with Gasteiger partial charge in [-0.1, -0.05) is 48.5 Å². The standard InChI is InChI=1S/C20H23NO3/c1-3-21(12-14(2)22)20(23)24-13-19-17-10-6-4-8-15(17)16-9-5-7-11-18(16)19/h4-11,14,19,22H,3,12-13H2,1-2H3. The molecule has 126 valence electrons. The Hall–Kier alpha value is -2.33. The van der Waals surface area contributed by atoms with Crippen LogP contribution in [0.3, 0.4) is 0 Å². The van der Waals surface area contributed by atoms with Crippen LogP contribution in [-0.2, 0) is 4.74 Å². The molecule has 2 aromatic carbocycles. The highest BCUT2D eigenvalue weighted by Crippen LogP contribution is 2.44. The van der Waals surface area contributed by atoms with E-state index in [9.17, 15) is 9.90 Å². The third-order valence-corrected chi connectivity index (χ3v) is 4.46. The molecule has 0 saturated heterocycles. The van der Waals surface area contributed by atoms with Crippen molar-refractivity contribution in [2.24, 2.45) is 0 Å². The second-order valence-corrected chi connectivity index (χ2v) is 6.19. The molecule has 1 amide bonds. The number of carbonyl (C=O) groups is 1. The van der Waals surface area contributed by atoms with Gasteiger partial charge in [0.15, 0.2) is 0 Å². The molecule has 24 heavy (non-hydrogen) atoms. The molecule has 1 aliphatic rings.